The summed E-state index contributed by atoms with van der Waals surface area (Å²) in [6, 6.07) is 0. The number of carbonyl (C=O) groups is 4. The van der Waals surface area contributed by atoms with Crippen LogP contribution in [0.15, 0.2) is 9.98 Å². The number of fused-ring (bicyclic) bond motifs is 9. The molecule has 0 amide bonds. The molecule has 8 unspecified atom stereocenters. The molecule has 7 fully saturated rings. The summed E-state index contributed by atoms with van der Waals surface area (Å²) in [5.74, 6) is 1.13. The lowest BCUT2D eigenvalue weighted by Gasteiger charge is -2.39. The van der Waals surface area contributed by atoms with Crippen LogP contribution in [-0.2, 0) is 24.6 Å². The highest BCUT2D eigenvalue weighted by atomic mass is 32.1. The Bertz CT molecular complexity index is 1640. The van der Waals surface area contributed by atoms with E-state index in [4.69, 9.17) is 20.0 Å². The van der Waals surface area contributed by atoms with Crippen molar-refractivity contribution in [3.8, 4) is 9.75 Å². The number of hydrogen-bond donors (Lipinski definition) is 0. The van der Waals surface area contributed by atoms with Gasteiger partial charge in [0.25, 0.3) is 0 Å². The Balaban J connectivity index is 0.980. The monoisotopic (exact) mass is 682 g/mol. The highest BCUT2D eigenvalue weighted by Crippen LogP contribution is 2.60. The van der Waals surface area contributed by atoms with Gasteiger partial charge in [0.05, 0.1) is 26.6 Å². The SMILES string of the molecule is O=C1C(=Nc2nc3c(s2)-c2sc(N=C4C(=O)C5CC6CCCCC6CC5C4=O)nc2C32CCCCC2)C(=O)C2CC3CCCCC3CC12. The average Bonchev–Trinajstić information content (AvgIpc) is 3.88. The number of thiazole rings is 2. The molecular weight excluding hydrogens is 641 g/mol. The Kier molecular flexibility index (Phi) is 6.99. The van der Waals surface area contributed by atoms with E-state index in [1.165, 1.54) is 74.0 Å². The lowest BCUT2D eigenvalue weighted by molar-refractivity contribution is -0.123. The first-order valence-corrected chi connectivity index (χ1v) is 20.4. The van der Waals surface area contributed by atoms with Crippen LogP contribution in [0.5, 0.6) is 0 Å². The summed E-state index contributed by atoms with van der Waals surface area (Å²) in [5, 5.41) is 0.965. The van der Waals surface area contributed by atoms with Crippen LogP contribution in [0.1, 0.15) is 121 Å². The lowest BCUT2D eigenvalue weighted by Crippen LogP contribution is -2.35. The average molecular weight is 683 g/mol. The molecule has 1 spiro atoms. The summed E-state index contributed by atoms with van der Waals surface area (Å²) in [6.07, 6.45) is 18.1. The normalized spacial score (nSPS) is 36.4. The minimum Gasteiger partial charge on any atom is -0.292 e. The molecule has 0 bridgehead atoms. The van der Waals surface area contributed by atoms with Gasteiger partial charge in [0.1, 0.15) is 0 Å². The highest BCUT2D eigenvalue weighted by Gasteiger charge is 2.55. The van der Waals surface area contributed by atoms with Gasteiger partial charge >= 0.3 is 0 Å². The number of carbonyl (C=O) groups excluding carboxylic acids is 4. The molecule has 0 aliphatic heterocycles. The Morgan fingerprint density at radius 2 is 0.854 bits per heavy atom. The Labute approximate surface area is 288 Å². The zero-order valence-corrected chi connectivity index (χ0v) is 29.0. The molecule has 0 N–H and O–H groups in total. The van der Waals surface area contributed by atoms with E-state index in [2.05, 4.69) is 0 Å². The van der Waals surface area contributed by atoms with Crippen LogP contribution in [0.2, 0.25) is 0 Å². The maximum atomic E-state index is 13.6. The Morgan fingerprint density at radius 3 is 1.21 bits per heavy atom. The van der Waals surface area contributed by atoms with Crippen molar-refractivity contribution < 1.29 is 19.2 Å². The van der Waals surface area contributed by atoms with Gasteiger partial charge in [-0.15, -0.1) is 0 Å². The lowest BCUT2D eigenvalue weighted by atomic mass is 9.64. The van der Waals surface area contributed by atoms with Crippen molar-refractivity contribution in [3.05, 3.63) is 11.4 Å². The summed E-state index contributed by atoms with van der Waals surface area (Å²) in [4.78, 5) is 76.2. The molecule has 0 aromatic carbocycles. The maximum Gasteiger partial charge on any atom is 0.210 e. The molecule has 8 nitrogen and oxygen atoms in total. The molecule has 8 aliphatic rings. The number of rotatable bonds is 2. The molecule has 10 heteroatoms. The van der Waals surface area contributed by atoms with Gasteiger partial charge in [-0.2, -0.15) is 0 Å². The van der Waals surface area contributed by atoms with Gasteiger partial charge in [-0.25, -0.2) is 20.0 Å². The summed E-state index contributed by atoms with van der Waals surface area (Å²) in [6.45, 7) is 0. The minimum atomic E-state index is -0.354. The van der Waals surface area contributed by atoms with E-state index in [-0.39, 0.29) is 63.6 Å². The maximum absolute atomic E-state index is 13.6. The predicted molar refractivity (Wildman–Crippen MR) is 185 cm³/mol. The molecule has 8 atom stereocenters. The molecule has 250 valence electrons. The summed E-state index contributed by atoms with van der Waals surface area (Å²) in [7, 11) is 0. The quantitative estimate of drug-likeness (QED) is 0.317. The second-order valence-electron chi connectivity index (χ2n) is 16.3. The van der Waals surface area contributed by atoms with Crippen molar-refractivity contribution in [1.29, 1.82) is 0 Å². The second kappa shape index (κ2) is 11.1. The van der Waals surface area contributed by atoms with Gasteiger partial charge in [-0.3, -0.25) is 19.2 Å². The highest BCUT2D eigenvalue weighted by molar-refractivity contribution is 7.25. The van der Waals surface area contributed by atoms with Crippen LogP contribution in [-0.4, -0.2) is 44.5 Å². The number of hydrogen-bond acceptors (Lipinski definition) is 10. The summed E-state index contributed by atoms with van der Waals surface area (Å²) >= 11 is 2.89. The van der Waals surface area contributed by atoms with Crippen LogP contribution >= 0.6 is 22.7 Å². The van der Waals surface area contributed by atoms with Gasteiger partial charge in [0.15, 0.2) is 34.6 Å². The first kappa shape index (κ1) is 30.1. The van der Waals surface area contributed by atoms with Gasteiger partial charge < -0.3 is 0 Å². The van der Waals surface area contributed by atoms with Crippen LogP contribution < -0.4 is 0 Å². The standard InChI is InChI=1S/C38H42N4O4S2/c43-28-22-14-18-8-2-3-9-19(18)15-23(22)29(44)26(28)39-36-41-34-32(47-36)33-35(38(34)12-6-1-7-13-38)42-37(48-33)40-27-30(45)24-16-20-10-4-5-11-21(20)17-25(24)31(27)46/h18-25H,1-17H2. The molecule has 0 radical (unpaired) electrons. The van der Waals surface area contributed by atoms with E-state index < -0.39 is 0 Å². The van der Waals surface area contributed by atoms with E-state index in [0.29, 0.717) is 33.9 Å². The predicted octanol–water partition coefficient (Wildman–Crippen LogP) is 7.94. The van der Waals surface area contributed by atoms with Crippen LogP contribution in [0.4, 0.5) is 10.3 Å². The molecule has 48 heavy (non-hydrogen) atoms. The van der Waals surface area contributed by atoms with Crippen molar-refractivity contribution in [3.63, 3.8) is 0 Å². The van der Waals surface area contributed by atoms with Gasteiger partial charge in [0.2, 0.25) is 10.3 Å². The molecular formula is C38H42N4O4S2. The zero-order chi connectivity index (χ0) is 32.3. The van der Waals surface area contributed by atoms with Crippen molar-refractivity contribution in [1.82, 2.24) is 9.97 Å². The third-order valence-corrected chi connectivity index (χ3v) is 16.1. The van der Waals surface area contributed by atoms with E-state index >= 15 is 0 Å². The smallest absolute Gasteiger partial charge is 0.210 e. The number of nitrogens with zero attached hydrogens (tertiary/aromatic N) is 4. The zero-order valence-electron chi connectivity index (χ0n) is 27.4. The van der Waals surface area contributed by atoms with Gasteiger partial charge in [0, 0.05) is 23.7 Å². The molecule has 2 aromatic rings. The van der Waals surface area contributed by atoms with Crippen molar-refractivity contribution in [2.75, 3.05) is 0 Å². The van der Waals surface area contributed by atoms with E-state index in [1.54, 1.807) is 0 Å². The fourth-order valence-electron chi connectivity index (χ4n) is 11.7. The summed E-state index contributed by atoms with van der Waals surface area (Å²) in [5.41, 5.74) is 1.83. The largest absolute Gasteiger partial charge is 0.292 e. The number of Topliss-reactive ketones (excluding diaryl/α,β-unsaturated/α-hetero) is 4. The number of ketones is 4. The number of aromatic nitrogens is 2. The van der Waals surface area contributed by atoms with E-state index in [1.807, 2.05) is 0 Å². The first-order chi connectivity index (χ1) is 23.4. The minimum absolute atomic E-state index is 0.0703. The van der Waals surface area contributed by atoms with Crippen molar-refractivity contribution in [2.24, 2.45) is 57.3 Å². The Hall–Kier alpha value is -2.72. The Morgan fingerprint density at radius 1 is 0.500 bits per heavy atom. The van der Waals surface area contributed by atoms with E-state index in [9.17, 15) is 19.2 Å². The third kappa shape index (κ3) is 4.36. The molecule has 2 heterocycles. The van der Waals surface area contributed by atoms with Gasteiger partial charge in [-0.1, -0.05) is 93.3 Å². The van der Waals surface area contributed by atoms with E-state index in [0.717, 1.165) is 78.9 Å². The molecule has 2 aromatic heterocycles. The molecule has 0 saturated heterocycles. The van der Waals surface area contributed by atoms with Crippen molar-refractivity contribution in [2.45, 2.75) is 115 Å². The topological polar surface area (TPSA) is 119 Å². The summed E-state index contributed by atoms with van der Waals surface area (Å²) < 4.78 is 0. The fraction of sp³-hybridized carbons (Fsp3) is 0.684. The van der Waals surface area contributed by atoms with Crippen LogP contribution in [0.25, 0.3) is 9.75 Å². The molecule has 7 saturated carbocycles. The first-order valence-electron chi connectivity index (χ1n) is 18.8. The molecule has 10 rings (SSSR count). The number of aliphatic imine (C=N–C) groups is 2. The second-order valence-corrected chi connectivity index (χ2v) is 18.3. The van der Waals surface area contributed by atoms with Crippen LogP contribution in [0, 0.1) is 47.3 Å². The van der Waals surface area contributed by atoms with Gasteiger partial charge in [-0.05, 0) is 62.2 Å². The van der Waals surface area contributed by atoms with Crippen LogP contribution in [0.3, 0.4) is 0 Å². The fourth-order valence-corrected chi connectivity index (χ4v) is 13.9. The van der Waals surface area contributed by atoms with Crippen molar-refractivity contribution >= 4 is 67.5 Å². The molecule has 8 aliphatic carbocycles. The third-order valence-electron chi connectivity index (χ3n) is 14.1.